The molecule has 0 saturated heterocycles. The molecule has 0 aliphatic rings. The molecule has 1 aromatic heterocycles. The highest BCUT2D eigenvalue weighted by atomic mass is 16.5. The van der Waals surface area contributed by atoms with Gasteiger partial charge in [-0.15, -0.1) is 0 Å². The summed E-state index contributed by atoms with van der Waals surface area (Å²) in [6.07, 6.45) is 1.58. The van der Waals surface area contributed by atoms with Gasteiger partial charge in [0, 0.05) is 17.8 Å². The zero-order valence-corrected chi connectivity index (χ0v) is 11.7. The molecular formula is C15H17N3O3. The highest BCUT2D eigenvalue weighted by Crippen LogP contribution is 2.20. The molecule has 0 unspecified atom stereocenters. The van der Waals surface area contributed by atoms with Crippen LogP contribution in [0.4, 0.5) is 0 Å². The molecule has 0 atom stereocenters. The van der Waals surface area contributed by atoms with Crippen LogP contribution >= 0.6 is 0 Å². The van der Waals surface area contributed by atoms with Gasteiger partial charge in [-0.2, -0.15) is 0 Å². The van der Waals surface area contributed by atoms with Gasteiger partial charge in [0.15, 0.2) is 5.84 Å². The Morgan fingerprint density at radius 1 is 1.24 bits per heavy atom. The predicted octanol–water partition coefficient (Wildman–Crippen LogP) is 2.15. The Morgan fingerprint density at radius 2 is 2.00 bits per heavy atom. The van der Waals surface area contributed by atoms with Gasteiger partial charge in [-0.25, -0.2) is 0 Å². The quantitative estimate of drug-likeness (QED) is 0.368. The number of ether oxygens (including phenoxy) is 2. The molecule has 0 spiro atoms. The van der Waals surface area contributed by atoms with Gasteiger partial charge in [0.1, 0.15) is 23.8 Å². The minimum absolute atomic E-state index is 0.0442. The van der Waals surface area contributed by atoms with Crippen molar-refractivity contribution in [2.24, 2.45) is 10.9 Å². The molecule has 2 aromatic rings. The standard InChI is InChI=1S/C15H17N3O3/c1-2-20-12-6-3-7-13(9-12)21-10-11-5-4-8-17-14(11)15(16)18-19/h3-9,19H,2,10H2,1H3,(H2,16,18). The van der Waals surface area contributed by atoms with E-state index in [1.807, 2.05) is 37.3 Å². The normalized spacial score (nSPS) is 11.2. The topological polar surface area (TPSA) is 90.0 Å². The van der Waals surface area contributed by atoms with E-state index in [1.54, 1.807) is 12.3 Å². The SMILES string of the molecule is CCOc1cccc(OCc2cccnc2C(N)=NO)c1. The van der Waals surface area contributed by atoms with Gasteiger partial charge >= 0.3 is 0 Å². The third-order valence-electron chi connectivity index (χ3n) is 2.75. The van der Waals surface area contributed by atoms with Crippen LogP contribution < -0.4 is 15.2 Å². The van der Waals surface area contributed by atoms with Gasteiger partial charge in [-0.3, -0.25) is 4.98 Å². The molecule has 0 saturated carbocycles. The summed E-state index contributed by atoms with van der Waals surface area (Å²) in [5, 5.41) is 11.7. The Hall–Kier alpha value is -2.76. The number of amidine groups is 1. The second kappa shape index (κ2) is 7.14. The monoisotopic (exact) mass is 287 g/mol. The third-order valence-corrected chi connectivity index (χ3v) is 2.75. The number of nitrogens with zero attached hydrogens (tertiary/aromatic N) is 2. The number of hydrogen-bond acceptors (Lipinski definition) is 5. The largest absolute Gasteiger partial charge is 0.494 e. The molecule has 6 heteroatoms. The summed E-state index contributed by atoms with van der Waals surface area (Å²) in [5.41, 5.74) is 6.72. The average Bonchev–Trinajstić information content (AvgIpc) is 2.53. The van der Waals surface area contributed by atoms with Crippen molar-refractivity contribution in [3.63, 3.8) is 0 Å². The maximum atomic E-state index is 8.76. The first kappa shape index (κ1) is 14.6. The van der Waals surface area contributed by atoms with Gasteiger partial charge in [0.05, 0.1) is 6.61 Å². The summed E-state index contributed by atoms with van der Waals surface area (Å²) < 4.78 is 11.1. The van der Waals surface area contributed by atoms with Crippen molar-refractivity contribution in [2.75, 3.05) is 6.61 Å². The molecule has 3 N–H and O–H groups in total. The lowest BCUT2D eigenvalue weighted by atomic mass is 10.2. The molecule has 0 aliphatic carbocycles. The van der Waals surface area contributed by atoms with Gasteiger partial charge < -0.3 is 20.4 Å². The fourth-order valence-corrected chi connectivity index (χ4v) is 1.81. The summed E-state index contributed by atoms with van der Waals surface area (Å²) in [7, 11) is 0. The van der Waals surface area contributed by atoms with Crippen LogP contribution in [0.1, 0.15) is 18.2 Å². The smallest absolute Gasteiger partial charge is 0.189 e. The number of aromatic nitrogens is 1. The molecule has 0 amide bonds. The van der Waals surface area contributed by atoms with Crippen molar-refractivity contribution in [2.45, 2.75) is 13.5 Å². The lowest BCUT2D eigenvalue weighted by Gasteiger charge is -2.10. The fourth-order valence-electron chi connectivity index (χ4n) is 1.81. The molecule has 0 fully saturated rings. The second-order valence-corrected chi connectivity index (χ2v) is 4.19. The third kappa shape index (κ3) is 3.85. The second-order valence-electron chi connectivity index (χ2n) is 4.19. The summed E-state index contributed by atoms with van der Waals surface area (Å²) >= 11 is 0. The Bertz CT molecular complexity index is 629. The van der Waals surface area contributed by atoms with Crippen molar-refractivity contribution in [3.05, 3.63) is 53.9 Å². The Labute approximate surface area is 122 Å². The van der Waals surface area contributed by atoms with Gasteiger partial charge in [0.25, 0.3) is 0 Å². The van der Waals surface area contributed by atoms with Crippen LogP contribution in [0, 0.1) is 0 Å². The minimum Gasteiger partial charge on any atom is -0.494 e. The van der Waals surface area contributed by atoms with Crippen LogP contribution in [0.2, 0.25) is 0 Å². The first-order valence-corrected chi connectivity index (χ1v) is 6.52. The molecule has 2 rings (SSSR count). The number of pyridine rings is 1. The van der Waals surface area contributed by atoms with E-state index >= 15 is 0 Å². The summed E-state index contributed by atoms with van der Waals surface area (Å²) in [6.45, 7) is 2.78. The molecule has 0 bridgehead atoms. The fraction of sp³-hybridized carbons (Fsp3) is 0.200. The zero-order chi connectivity index (χ0) is 15.1. The van der Waals surface area contributed by atoms with Crippen molar-refractivity contribution < 1.29 is 14.7 Å². The molecule has 6 nitrogen and oxygen atoms in total. The van der Waals surface area contributed by atoms with Crippen LogP contribution in [0.15, 0.2) is 47.8 Å². The van der Waals surface area contributed by atoms with E-state index in [0.717, 1.165) is 11.3 Å². The van der Waals surface area contributed by atoms with Gasteiger partial charge in [-0.1, -0.05) is 17.3 Å². The Morgan fingerprint density at radius 3 is 2.71 bits per heavy atom. The van der Waals surface area contributed by atoms with Crippen LogP contribution in [-0.4, -0.2) is 22.6 Å². The maximum absolute atomic E-state index is 8.76. The molecule has 21 heavy (non-hydrogen) atoms. The van der Waals surface area contributed by atoms with E-state index in [0.29, 0.717) is 18.1 Å². The highest BCUT2D eigenvalue weighted by molar-refractivity contribution is 5.96. The number of hydrogen-bond donors (Lipinski definition) is 2. The molecule has 0 aliphatic heterocycles. The zero-order valence-electron chi connectivity index (χ0n) is 11.7. The maximum Gasteiger partial charge on any atom is 0.189 e. The molecule has 1 heterocycles. The van der Waals surface area contributed by atoms with E-state index < -0.39 is 0 Å². The first-order chi connectivity index (χ1) is 10.2. The molecule has 1 aromatic carbocycles. The molecular weight excluding hydrogens is 270 g/mol. The molecule has 110 valence electrons. The van der Waals surface area contributed by atoms with Crippen molar-refractivity contribution in [3.8, 4) is 11.5 Å². The van der Waals surface area contributed by atoms with E-state index in [1.165, 1.54) is 0 Å². The van der Waals surface area contributed by atoms with Crippen LogP contribution in [0.5, 0.6) is 11.5 Å². The summed E-state index contributed by atoms with van der Waals surface area (Å²) in [6, 6.07) is 10.9. The van der Waals surface area contributed by atoms with Crippen LogP contribution in [0.25, 0.3) is 0 Å². The lowest BCUT2D eigenvalue weighted by Crippen LogP contribution is -2.18. The Balaban J connectivity index is 2.11. The summed E-state index contributed by atoms with van der Waals surface area (Å²) in [4.78, 5) is 4.09. The van der Waals surface area contributed by atoms with Crippen molar-refractivity contribution >= 4 is 5.84 Å². The average molecular weight is 287 g/mol. The number of nitrogens with two attached hydrogens (primary N) is 1. The van der Waals surface area contributed by atoms with Crippen LogP contribution in [0.3, 0.4) is 0 Å². The minimum atomic E-state index is -0.0442. The van der Waals surface area contributed by atoms with E-state index in [9.17, 15) is 0 Å². The van der Waals surface area contributed by atoms with Crippen molar-refractivity contribution in [1.29, 1.82) is 0 Å². The molecule has 0 radical (unpaired) electrons. The van der Waals surface area contributed by atoms with Gasteiger partial charge in [0.2, 0.25) is 0 Å². The van der Waals surface area contributed by atoms with Crippen molar-refractivity contribution in [1.82, 2.24) is 4.98 Å². The Kier molecular flexibility index (Phi) is 4.98. The van der Waals surface area contributed by atoms with E-state index in [4.69, 9.17) is 20.4 Å². The first-order valence-electron chi connectivity index (χ1n) is 6.52. The number of oxime groups is 1. The highest BCUT2D eigenvalue weighted by Gasteiger charge is 2.09. The predicted molar refractivity (Wildman–Crippen MR) is 78.7 cm³/mol. The lowest BCUT2D eigenvalue weighted by molar-refractivity contribution is 0.298. The summed E-state index contributed by atoms with van der Waals surface area (Å²) in [5.74, 6) is 1.38. The van der Waals surface area contributed by atoms with E-state index in [-0.39, 0.29) is 12.4 Å². The van der Waals surface area contributed by atoms with E-state index in [2.05, 4.69) is 10.1 Å². The van der Waals surface area contributed by atoms with Crippen LogP contribution in [-0.2, 0) is 6.61 Å². The van der Waals surface area contributed by atoms with Gasteiger partial charge in [-0.05, 0) is 25.1 Å². The number of benzene rings is 1. The number of rotatable bonds is 6.